The van der Waals surface area contributed by atoms with Crippen molar-refractivity contribution in [1.82, 2.24) is 0 Å². The molecule has 0 heterocycles. The Kier molecular flexibility index (Phi) is 9.22. The second-order valence-corrected chi connectivity index (χ2v) is 2.07. The third-order valence-electron chi connectivity index (χ3n) is 0.300. The van der Waals surface area contributed by atoms with Gasteiger partial charge in [-0.1, -0.05) is 15.9 Å². The predicted octanol–water partition coefficient (Wildman–Crippen LogP) is 1.70. The van der Waals surface area contributed by atoms with Gasteiger partial charge < -0.3 is 5.11 Å². The van der Waals surface area contributed by atoms with Crippen LogP contribution in [-0.4, -0.2) is 11.1 Å². The molecule has 0 radical (unpaired) electrons. The molecule has 0 atom stereocenters. The van der Waals surface area contributed by atoms with E-state index in [1.54, 1.807) is 0 Å². The van der Waals surface area contributed by atoms with Crippen LogP contribution in [0.4, 0.5) is 0 Å². The molecule has 0 bridgehead atoms. The fourth-order valence-corrected chi connectivity index (χ4v) is 0.243. The molecule has 8 heavy (non-hydrogen) atoms. The van der Waals surface area contributed by atoms with Gasteiger partial charge in [-0.05, 0) is 15.9 Å². The molecule has 1 N–H and O–H groups in total. The average Bonchev–Trinajstić information content (AvgIpc) is 1.65. The minimum atomic E-state index is -0.975. The number of aliphatic carboxylic acids is 1. The molecular formula is C3H2Br2HgO2. The van der Waals surface area contributed by atoms with E-state index in [0.29, 0.717) is 0 Å². The summed E-state index contributed by atoms with van der Waals surface area (Å²) in [6.07, 6.45) is 0. The van der Waals surface area contributed by atoms with Crippen molar-refractivity contribution in [2.45, 2.75) is 0 Å². The van der Waals surface area contributed by atoms with Crippen LogP contribution in [0, 0.1) is 0 Å². The Hall–Kier alpha value is 1.11. The van der Waals surface area contributed by atoms with Crippen LogP contribution < -0.4 is 0 Å². The smallest absolute Gasteiger partial charge is 0.343 e. The maximum atomic E-state index is 9.79. The second kappa shape index (κ2) is 6.23. The van der Waals surface area contributed by atoms with Crippen LogP contribution in [-0.2, 0) is 32.5 Å². The van der Waals surface area contributed by atoms with Crippen LogP contribution in [0.2, 0.25) is 0 Å². The molecular weight excluding hydrogens is 428 g/mol. The summed E-state index contributed by atoms with van der Waals surface area (Å²) < 4.78 is 0.118. The summed E-state index contributed by atoms with van der Waals surface area (Å²) in [5.41, 5.74) is 0. The van der Waals surface area contributed by atoms with Crippen molar-refractivity contribution >= 4 is 37.8 Å². The number of halogens is 2. The molecule has 0 aromatic heterocycles. The topological polar surface area (TPSA) is 37.3 Å². The largest absolute Gasteiger partial charge is 0.477 e. The molecule has 0 aromatic carbocycles. The maximum Gasteiger partial charge on any atom is 0.343 e. The summed E-state index contributed by atoms with van der Waals surface area (Å²) >= 11 is 5.58. The number of hydrogen-bond donors (Lipinski definition) is 1. The fourth-order valence-electron chi connectivity index (χ4n) is 0.0467. The van der Waals surface area contributed by atoms with E-state index in [2.05, 4.69) is 31.9 Å². The van der Waals surface area contributed by atoms with Gasteiger partial charge in [-0.15, -0.1) is 0 Å². The summed E-state index contributed by atoms with van der Waals surface area (Å²) in [4.78, 5) is 11.1. The predicted molar refractivity (Wildman–Crippen MR) is 33.6 cm³/mol. The molecule has 0 aliphatic carbocycles. The van der Waals surface area contributed by atoms with E-state index >= 15 is 0 Å². The number of carboxylic acid groups (broad SMARTS) is 1. The standard InChI is InChI=1S/C3H2Br2O2.Hg/c4-1-2(5)3(6)7;/h1H,(H,6,7);. The first kappa shape index (κ1) is 11.8. The molecule has 0 saturated heterocycles. The van der Waals surface area contributed by atoms with Gasteiger partial charge in [0.25, 0.3) is 0 Å². The summed E-state index contributed by atoms with van der Waals surface area (Å²) in [7, 11) is 0. The van der Waals surface area contributed by atoms with E-state index < -0.39 is 5.97 Å². The van der Waals surface area contributed by atoms with Gasteiger partial charge in [-0.3, -0.25) is 0 Å². The Balaban J connectivity index is 0. The van der Waals surface area contributed by atoms with E-state index in [1.165, 1.54) is 4.99 Å². The third kappa shape index (κ3) is 5.25. The third-order valence-corrected chi connectivity index (χ3v) is 1.94. The summed E-state index contributed by atoms with van der Waals surface area (Å²) in [5, 5.41) is 8.04. The van der Waals surface area contributed by atoms with Gasteiger partial charge in [0, 0.05) is 32.7 Å². The molecule has 42 valence electrons. The van der Waals surface area contributed by atoms with Crippen LogP contribution in [0.3, 0.4) is 0 Å². The van der Waals surface area contributed by atoms with Crippen LogP contribution in [0.1, 0.15) is 0 Å². The normalized spacial score (nSPS) is 10.0. The molecule has 0 aliphatic rings. The summed E-state index contributed by atoms with van der Waals surface area (Å²) in [6, 6.07) is 0. The molecule has 0 rings (SSSR count). The number of hydrogen-bond acceptors (Lipinski definition) is 1. The van der Waals surface area contributed by atoms with Gasteiger partial charge in [0.05, 0.1) is 0 Å². The van der Waals surface area contributed by atoms with E-state index in [4.69, 9.17) is 5.11 Å². The van der Waals surface area contributed by atoms with E-state index in [1.807, 2.05) is 0 Å². The molecule has 0 saturated carbocycles. The zero-order valence-electron chi connectivity index (χ0n) is 3.90. The van der Waals surface area contributed by atoms with E-state index in [9.17, 15) is 4.79 Å². The Labute approximate surface area is 84.1 Å². The maximum absolute atomic E-state index is 9.79. The number of rotatable bonds is 1. The molecule has 0 amide bonds. The first-order valence-electron chi connectivity index (χ1n) is 1.37. The molecule has 0 aromatic rings. The number of carboxylic acids is 1. The van der Waals surface area contributed by atoms with Crippen molar-refractivity contribution in [2.75, 3.05) is 0 Å². The zero-order chi connectivity index (χ0) is 5.86. The Morgan fingerprint density at radius 1 is 1.62 bits per heavy atom. The van der Waals surface area contributed by atoms with Gasteiger partial charge in [0.2, 0.25) is 0 Å². The zero-order valence-corrected chi connectivity index (χ0v) is 12.6. The van der Waals surface area contributed by atoms with Gasteiger partial charge in [-0.25, -0.2) is 4.79 Å². The quantitative estimate of drug-likeness (QED) is 0.508. The van der Waals surface area contributed by atoms with Crippen molar-refractivity contribution in [3.63, 3.8) is 0 Å². The van der Waals surface area contributed by atoms with Crippen molar-refractivity contribution in [3.05, 3.63) is 9.47 Å². The Bertz CT molecular complexity index is 112. The van der Waals surface area contributed by atoms with Crippen molar-refractivity contribution < 1.29 is 37.6 Å². The van der Waals surface area contributed by atoms with Crippen LogP contribution >= 0.6 is 31.9 Å². The average molecular weight is 430 g/mol. The molecule has 0 aliphatic heterocycles. The molecule has 0 unspecified atom stereocenters. The van der Waals surface area contributed by atoms with Crippen LogP contribution in [0.25, 0.3) is 0 Å². The van der Waals surface area contributed by atoms with Gasteiger partial charge >= 0.3 is 5.97 Å². The van der Waals surface area contributed by atoms with Crippen LogP contribution in [0.15, 0.2) is 9.47 Å². The minimum absolute atomic E-state index is 0. The van der Waals surface area contributed by atoms with Gasteiger partial charge in [-0.2, -0.15) is 0 Å². The first-order chi connectivity index (χ1) is 3.18. The molecule has 0 spiro atoms. The van der Waals surface area contributed by atoms with Gasteiger partial charge in [0.15, 0.2) is 0 Å². The Morgan fingerprint density at radius 3 is 2.00 bits per heavy atom. The molecule has 2 nitrogen and oxygen atoms in total. The van der Waals surface area contributed by atoms with Gasteiger partial charge in [0.1, 0.15) is 4.48 Å². The second-order valence-electron chi connectivity index (χ2n) is 0.762. The molecule has 5 heteroatoms. The van der Waals surface area contributed by atoms with E-state index in [0.717, 1.165) is 0 Å². The van der Waals surface area contributed by atoms with E-state index in [-0.39, 0.29) is 32.2 Å². The SMILES string of the molecule is O=C(O)C(Br)=CBr.[Hg]. The monoisotopic (exact) mass is 430 g/mol. The van der Waals surface area contributed by atoms with Crippen molar-refractivity contribution in [3.8, 4) is 0 Å². The van der Waals surface area contributed by atoms with Crippen molar-refractivity contribution in [2.24, 2.45) is 0 Å². The summed E-state index contributed by atoms with van der Waals surface area (Å²) in [6.45, 7) is 0. The minimum Gasteiger partial charge on any atom is -0.477 e. The number of carbonyl (C=O) groups is 1. The Morgan fingerprint density at radius 2 is 2.00 bits per heavy atom. The summed E-state index contributed by atoms with van der Waals surface area (Å²) in [5.74, 6) is -0.975. The van der Waals surface area contributed by atoms with Crippen molar-refractivity contribution in [1.29, 1.82) is 0 Å². The fraction of sp³-hybridized carbons (Fsp3) is 0. The first-order valence-corrected chi connectivity index (χ1v) is 3.08. The van der Waals surface area contributed by atoms with Crippen LogP contribution in [0.5, 0.6) is 0 Å². The molecule has 0 fully saturated rings.